The highest BCUT2D eigenvalue weighted by molar-refractivity contribution is 7.22. The van der Waals surface area contributed by atoms with Gasteiger partial charge in [-0.25, -0.2) is 4.98 Å². The molecule has 0 fully saturated rings. The van der Waals surface area contributed by atoms with Crippen LogP contribution in [0.25, 0.3) is 16.3 Å². The molecule has 1 N–H and O–H groups in total. The molecule has 0 spiro atoms. The van der Waals surface area contributed by atoms with Crippen molar-refractivity contribution in [2.75, 3.05) is 12.4 Å². The van der Waals surface area contributed by atoms with E-state index >= 15 is 0 Å². The fraction of sp³-hybridized carbons (Fsp3) is 0.0833. The standard InChI is InChI=1S/C24H20N2O3S/c1-28-20-6-4-5-18(15-20)16-29-19-12-9-17(10-13-19)11-14-23(27)26-24-25-21-7-2-3-8-22(21)30-24/h2-15H,16H2,1H3,(H,25,26,27)/b14-11+. The largest absolute Gasteiger partial charge is 0.497 e. The van der Waals surface area contributed by atoms with E-state index in [1.165, 1.54) is 17.4 Å². The third-order valence-corrected chi connectivity index (χ3v) is 5.32. The van der Waals surface area contributed by atoms with Crippen LogP contribution in [-0.4, -0.2) is 18.0 Å². The topological polar surface area (TPSA) is 60.5 Å². The van der Waals surface area contributed by atoms with E-state index in [1.54, 1.807) is 13.2 Å². The summed E-state index contributed by atoms with van der Waals surface area (Å²) < 4.78 is 12.1. The Labute approximate surface area is 178 Å². The molecule has 30 heavy (non-hydrogen) atoms. The summed E-state index contributed by atoms with van der Waals surface area (Å²) in [6.07, 6.45) is 3.26. The Morgan fingerprint density at radius 1 is 1.03 bits per heavy atom. The van der Waals surface area contributed by atoms with Gasteiger partial charge < -0.3 is 9.47 Å². The summed E-state index contributed by atoms with van der Waals surface area (Å²) in [5, 5.41) is 3.40. The zero-order chi connectivity index (χ0) is 20.8. The lowest BCUT2D eigenvalue weighted by molar-refractivity contribution is -0.111. The van der Waals surface area contributed by atoms with Crippen LogP contribution >= 0.6 is 11.3 Å². The highest BCUT2D eigenvalue weighted by Gasteiger charge is 2.05. The molecule has 6 heteroatoms. The number of nitrogens with zero attached hydrogens (tertiary/aromatic N) is 1. The first kappa shape index (κ1) is 19.7. The molecule has 150 valence electrons. The van der Waals surface area contributed by atoms with Crippen LogP contribution in [0.15, 0.2) is 78.9 Å². The summed E-state index contributed by atoms with van der Waals surface area (Å²) >= 11 is 1.45. The highest BCUT2D eigenvalue weighted by atomic mass is 32.1. The summed E-state index contributed by atoms with van der Waals surface area (Å²) in [5.74, 6) is 1.35. The molecule has 0 aliphatic heterocycles. The van der Waals surface area contributed by atoms with Gasteiger partial charge in [0.15, 0.2) is 5.13 Å². The molecule has 1 heterocycles. The van der Waals surface area contributed by atoms with Crippen LogP contribution in [0.3, 0.4) is 0 Å². The maximum atomic E-state index is 12.2. The van der Waals surface area contributed by atoms with Crippen molar-refractivity contribution in [3.8, 4) is 11.5 Å². The third kappa shape index (κ3) is 5.04. The highest BCUT2D eigenvalue weighted by Crippen LogP contribution is 2.25. The molecule has 0 radical (unpaired) electrons. The minimum absolute atomic E-state index is 0.215. The molecule has 0 aliphatic rings. The number of hydrogen-bond donors (Lipinski definition) is 1. The maximum absolute atomic E-state index is 12.2. The number of aromatic nitrogens is 1. The number of hydrogen-bond acceptors (Lipinski definition) is 5. The smallest absolute Gasteiger partial charge is 0.250 e. The van der Waals surface area contributed by atoms with Gasteiger partial charge in [-0.15, -0.1) is 0 Å². The molecule has 1 aromatic heterocycles. The summed E-state index contributed by atoms with van der Waals surface area (Å²) in [5.41, 5.74) is 2.82. The van der Waals surface area contributed by atoms with Crippen LogP contribution in [0.1, 0.15) is 11.1 Å². The summed E-state index contributed by atoms with van der Waals surface area (Å²) in [7, 11) is 1.64. The number of benzene rings is 3. The van der Waals surface area contributed by atoms with E-state index in [0.717, 1.165) is 32.8 Å². The molecule has 3 aromatic carbocycles. The monoisotopic (exact) mass is 416 g/mol. The third-order valence-electron chi connectivity index (χ3n) is 4.37. The van der Waals surface area contributed by atoms with Crippen LogP contribution < -0.4 is 14.8 Å². The second-order valence-electron chi connectivity index (χ2n) is 6.52. The number of para-hydroxylation sites is 1. The minimum atomic E-state index is -0.215. The van der Waals surface area contributed by atoms with Gasteiger partial charge in [-0.05, 0) is 53.6 Å². The zero-order valence-electron chi connectivity index (χ0n) is 16.4. The molecule has 1 amide bonds. The summed E-state index contributed by atoms with van der Waals surface area (Å²) in [6.45, 7) is 0.455. The Kier molecular flexibility index (Phi) is 6.06. The van der Waals surface area contributed by atoms with Gasteiger partial charge in [0.05, 0.1) is 17.3 Å². The van der Waals surface area contributed by atoms with Crippen molar-refractivity contribution in [2.45, 2.75) is 6.61 Å². The second kappa shape index (κ2) is 9.24. The number of anilines is 1. The van der Waals surface area contributed by atoms with E-state index in [9.17, 15) is 4.79 Å². The average Bonchev–Trinajstić information content (AvgIpc) is 3.19. The lowest BCUT2D eigenvalue weighted by Gasteiger charge is -2.08. The molecule has 0 atom stereocenters. The van der Waals surface area contributed by atoms with Gasteiger partial charge in [0.2, 0.25) is 5.91 Å². The molecule has 5 nitrogen and oxygen atoms in total. The molecule has 0 bridgehead atoms. The van der Waals surface area contributed by atoms with E-state index < -0.39 is 0 Å². The number of rotatable bonds is 7. The van der Waals surface area contributed by atoms with Crippen LogP contribution in [0.4, 0.5) is 5.13 Å². The molecule has 4 rings (SSSR count). The normalized spacial score (nSPS) is 11.0. The molecular weight excluding hydrogens is 396 g/mol. The number of amides is 1. The summed E-state index contributed by atoms with van der Waals surface area (Å²) in [6, 6.07) is 23.1. The number of fused-ring (bicyclic) bond motifs is 1. The average molecular weight is 417 g/mol. The number of methoxy groups -OCH3 is 1. The van der Waals surface area contributed by atoms with E-state index in [0.29, 0.717) is 11.7 Å². The van der Waals surface area contributed by atoms with Gasteiger partial charge in [0.1, 0.15) is 18.1 Å². The molecule has 0 saturated heterocycles. The van der Waals surface area contributed by atoms with Crippen molar-refractivity contribution in [3.63, 3.8) is 0 Å². The first-order chi connectivity index (χ1) is 14.7. The van der Waals surface area contributed by atoms with Crippen molar-refractivity contribution in [2.24, 2.45) is 0 Å². The maximum Gasteiger partial charge on any atom is 0.250 e. The van der Waals surface area contributed by atoms with Crippen molar-refractivity contribution < 1.29 is 14.3 Å². The van der Waals surface area contributed by atoms with Crippen LogP contribution in [-0.2, 0) is 11.4 Å². The molecule has 0 saturated carbocycles. The fourth-order valence-corrected chi connectivity index (χ4v) is 3.72. The van der Waals surface area contributed by atoms with Gasteiger partial charge in [-0.1, -0.05) is 47.7 Å². The molecule has 0 aliphatic carbocycles. The predicted molar refractivity (Wildman–Crippen MR) is 121 cm³/mol. The van der Waals surface area contributed by atoms with Crippen LogP contribution in [0, 0.1) is 0 Å². The Hall–Kier alpha value is -3.64. The number of carbonyl (C=O) groups is 1. The van der Waals surface area contributed by atoms with Crippen molar-refractivity contribution in [1.82, 2.24) is 4.98 Å². The Balaban J connectivity index is 1.32. The van der Waals surface area contributed by atoms with Crippen molar-refractivity contribution in [3.05, 3.63) is 90.0 Å². The number of nitrogens with one attached hydrogen (secondary N) is 1. The lowest BCUT2D eigenvalue weighted by Crippen LogP contribution is -2.07. The van der Waals surface area contributed by atoms with Crippen LogP contribution in [0.2, 0.25) is 0 Å². The van der Waals surface area contributed by atoms with Crippen molar-refractivity contribution in [1.29, 1.82) is 0 Å². The Morgan fingerprint density at radius 3 is 2.67 bits per heavy atom. The van der Waals surface area contributed by atoms with Gasteiger partial charge in [-0.2, -0.15) is 0 Å². The second-order valence-corrected chi connectivity index (χ2v) is 7.55. The Bertz CT molecular complexity index is 1150. The van der Waals surface area contributed by atoms with E-state index in [1.807, 2.05) is 72.8 Å². The zero-order valence-corrected chi connectivity index (χ0v) is 17.2. The predicted octanol–water partition coefficient (Wildman–Crippen LogP) is 5.54. The Morgan fingerprint density at radius 2 is 1.87 bits per heavy atom. The SMILES string of the molecule is COc1cccc(COc2ccc(/C=C/C(=O)Nc3nc4ccccc4s3)cc2)c1. The first-order valence-corrected chi connectivity index (χ1v) is 10.2. The van der Waals surface area contributed by atoms with Crippen LogP contribution in [0.5, 0.6) is 11.5 Å². The number of thiazole rings is 1. The molecule has 0 unspecified atom stereocenters. The van der Waals surface area contributed by atoms with Crippen molar-refractivity contribution >= 4 is 38.7 Å². The molecular formula is C24H20N2O3S. The van der Waals surface area contributed by atoms with E-state index in [4.69, 9.17) is 9.47 Å². The first-order valence-electron chi connectivity index (χ1n) is 9.40. The number of carbonyl (C=O) groups excluding carboxylic acids is 1. The van der Waals surface area contributed by atoms with Gasteiger partial charge in [-0.3, -0.25) is 10.1 Å². The lowest BCUT2D eigenvalue weighted by atomic mass is 10.2. The minimum Gasteiger partial charge on any atom is -0.497 e. The van der Waals surface area contributed by atoms with Gasteiger partial charge in [0, 0.05) is 6.08 Å². The summed E-state index contributed by atoms with van der Waals surface area (Å²) in [4.78, 5) is 16.6. The molecule has 4 aromatic rings. The van der Waals surface area contributed by atoms with E-state index in [2.05, 4.69) is 10.3 Å². The van der Waals surface area contributed by atoms with Gasteiger partial charge >= 0.3 is 0 Å². The van der Waals surface area contributed by atoms with Gasteiger partial charge in [0.25, 0.3) is 0 Å². The quantitative estimate of drug-likeness (QED) is 0.402. The fourth-order valence-electron chi connectivity index (χ4n) is 2.85. The van der Waals surface area contributed by atoms with E-state index in [-0.39, 0.29) is 5.91 Å². The number of ether oxygens (including phenoxy) is 2.